The monoisotopic (exact) mass is 312 g/mol. The average molecular weight is 312 g/mol. The normalized spacial score (nSPS) is 11.6. The van der Waals surface area contributed by atoms with Crippen LogP contribution in [0.5, 0.6) is 0 Å². The van der Waals surface area contributed by atoms with Crippen LogP contribution >= 0.6 is 11.3 Å². The summed E-state index contributed by atoms with van der Waals surface area (Å²) in [5.74, 6) is 0. The third-order valence-electron chi connectivity index (χ3n) is 2.92. The minimum Gasteiger partial charge on any atom is -0.315 e. The molecule has 0 saturated heterocycles. The van der Waals surface area contributed by atoms with Crippen LogP contribution in [-0.4, -0.2) is 13.4 Å². The van der Waals surface area contributed by atoms with Gasteiger partial charge < -0.3 is 4.98 Å². The Balaban J connectivity index is 2.45. The van der Waals surface area contributed by atoms with Crippen LogP contribution in [0.4, 0.5) is 5.69 Å². The van der Waals surface area contributed by atoms with Crippen molar-refractivity contribution >= 4 is 27.0 Å². The summed E-state index contributed by atoms with van der Waals surface area (Å²) < 4.78 is 27.4. The Morgan fingerprint density at radius 3 is 2.65 bits per heavy atom. The Morgan fingerprint density at radius 1 is 1.30 bits per heavy atom. The van der Waals surface area contributed by atoms with Gasteiger partial charge in [0.25, 0.3) is 10.0 Å². The van der Waals surface area contributed by atoms with E-state index in [4.69, 9.17) is 0 Å². The van der Waals surface area contributed by atoms with Crippen LogP contribution in [0, 0.1) is 13.8 Å². The molecule has 0 saturated carbocycles. The molecule has 0 atom stereocenters. The quantitative estimate of drug-likeness (QED) is 0.910. The van der Waals surface area contributed by atoms with Gasteiger partial charge in [-0.05, 0) is 37.5 Å². The zero-order chi connectivity index (χ0) is 14.9. The lowest BCUT2D eigenvalue weighted by Gasteiger charge is -2.10. The van der Waals surface area contributed by atoms with Crippen LogP contribution in [-0.2, 0) is 16.4 Å². The summed E-state index contributed by atoms with van der Waals surface area (Å²) in [7, 11) is -3.74. The minimum atomic E-state index is -3.74. The second-order valence-corrected chi connectivity index (χ2v) is 7.42. The number of benzene rings is 1. The summed E-state index contributed by atoms with van der Waals surface area (Å²) in [6.45, 7) is 5.52. The van der Waals surface area contributed by atoms with Gasteiger partial charge in [-0.25, -0.2) is 8.42 Å². The van der Waals surface area contributed by atoms with Crippen LogP contribution in [0.2, 0.25) is 0 Å². The molecule has 0 aliphatic carbocycles. The Hall–Kier alpha value is -1.60. The van der Waals surface area contributed by atoms with Crippen LogP contribution in [0.1, 0.15) is 23.7 Å². The molecule has 1 aromatic heterocycles. The topological polar surface area (TPSA) is 79.0 Å². The summed E-state index contributed by atoms with van der Waals surface area (Å²) in [5, 5.41) is 0. The molecule has 0 aliphatic rings. The van der Waals surface area contributed by atoms with Crippen molar-refractivity contribution in [3.8, 4) is 0 Å². The number of anilines is 1. The number of thiazole rings is 1. The Morgan fingerprint density at radius 2 is 2.00 bits per heavy atom. The van der Waals surface area contributed by atoms with Crippen molar-refractivity contribution < 1.29 is 8.42 Å². The summed E-state index contributed by atoms with van der Waals surface area (Å²) in [5.41, 5.74) is 2.78. The molecule has 108 valence electrons. The van der Waals surface area contributed by atoms with Gasteiger partial charge in [-0.15, -0.1) is 0 Å². The molecule has 5 nitrogen and oxygen atoms in total. The summed E-state index contributed by atoms with van der Waals surface area (Å²) in [6.07, 6.45) is 0.460. The van der Waals surface area contributed by atoms with Crippen molar-refractivity contribution in [2.45, 2.75) is 31.4 Å². The third-order valence-corrected chi connectivity index (χ3v) is 5.77. The lowest BCUT2D eigenvalue weighted by molar-refractivity contribution is 0.602. The lowest BCUT2D eigenvalue weighted by atomic mass is 10.1. The fourth-order valence-corrected chi connectivity index (χ4v) is 4.41. The molecule has 1 aromatic carbocycles. The van der Waals surface area contributed by atoms with Crippen LogP contribution in [0.25, 0.3) is 0 Å². The van der Waals surface area contributed by atoms with Crippen LogP contribution in [0.15, 0.2) is 27.2 Å². The van der Waals surface area contributed by atoms with E-state index in [1.165, 1.54) is 0 Å². The molecular weight excluding hydrogens is 296 g/mol. The van der Waals surface area contributed by atoms with Crippen LogP contribution < -0.4 is 9.60 Å². The first-order chi connectivity index (χ1) is 9.33. The molecule has 0 bridgehead atoms. The van der Waals surface area contributed by atoms with E-state index in [1.807, 2.05) is 26.0 Å². The number of aromatic nitrogens is 1. The molecule has 0 aliphatic heterocycles. The van der Waals surface area contributed by atoms with E-state index in [-0.39, 0.29) is 9.08 Å². The fourth-order valence-electron chi connectivity index (χ4n) is 1.83. The van der Waals surface area contributed by atoms with E-state index < -0.39 is 10.0 Å². The van der Waals surface area contributed by atoms with E-state index in [1.54, 1.807) is 13.0 Å². The van der Waals surface area contributed by atoms with Crippen molar-refractivity contribution in [1.29, 1.82) is 0 Å². The standard InChI is InChI=1S/C13H16N2O3S2/c1-4-10-12(19-13(16)14-10)20(17,18)15-11-7-8(2)5-6-9(11)3/h5-7,15H,4H2,1-3H3,(H,14,16). The first-order valence-corrected chi connectivity index (χ1v) is 8.45. The zero-order valence-corrected chi connectivity index (χ0v) is 13.1. The molecule has 1 heterocycles. The molecule has 2 rings (SSSR count). The van der Waals surface area contributed by atoms with Gasteiger partial charge in [-0.2, -0.15) is 0 Å². The molecule has 2 N–H and O–H groups in total. The van der Waals surface area contributed by atoms with Crippen molar-refractivity contribution in [2.24, 2.45) is 0 Å². The number of hydrogen-bond acceptors (Lipinski definition) is 4. The predicted molar refractivity (Wildman–Crippen MR) is 81.0 cm³/mol. The highest BCUT2D eigenvalue weighted by molar-refractivity contribution is 7.94. The molecule has 7 heteroatoms. The highest BCUT2D eigenvalue weighted by Crippen LogP contribution is 2.24. The number of sulfonamides is 1. The highest BCUT2D eigenvalue weighted by Gasteiger charge is 2.22. The van der Waals surface area contributed by atoms with Crippen LogP contribution in [0.3, 0.4) is 0 Å². The molecule has 0 spiro atoms. The molecular formula is C13H16N2O3S2. The maximum absolute atomic E-state index is 12.4. The lowest BCUT2D eigenvalue weighted by Crippen LogP contribution is -2.14. The highest BCUT2D eigenvalue weighted by atomic mass is 32.2. The van der Waals surface area contributed by atoms with E-state index in [2.05, 4.69) is 9.71 Å². The zero-order valence-electron chi connectivity index (χ0n) is 11.5. The van der Waals surface area contributed by atoms with Crippen molar-refractivity contribution in [3.63, 3.8) is 0 Å². The summed E-state index contributed by atoms with van der Waals surface area (Å²) in [4.78, 5) is 13.6. The first-order valence-electron chi connectivity index (χ1n) is 6.15. The van der Waals surface area contributed by atoms with Crippen molar-refractivity contribution in [2.75, 3.05) is 4.72 Å². The second kappa shape index (κ2) is 5.41. The average Bonchev–Trinajstić information content (AvgIpc) is 2.76. The third kappa shape index (κ3) is 2.94. The van der Waals surface area contributed by atoms with Gasteiger partial charge in [0.2, 0.25) is 0 Å². The summed E-state index contributed by atoms with van der Waals surface area (Å²) >= 11 is 0.714. The number of nitrogens with one attached hydrogen (secondary N) is 2. The molecule has 0 amide bonds. The predicted octanol–water partition coefficient (Wildman–Crippen LogP) is 2.42. The Labute approximate surface area is 121 Å². The number of H-pyrrole nitrogens is 1. The molecule has 0 radical (unpaired) electrons. The maximum atomic E-state index is 12.4. The van der Waals surface area contributed by atoms with Gasteiger partial charge in [0.05, 0.1) is 5.69 Å². The molecule has 20 heavy (non-hydrogen) atoms. The largest absolute Gasteiger partial charge is 0.315 e. The second-order valence-electron chi connectivity index (χ2n) is 4.56. The van der Waals surface area contributed by atoms with Gasteiger partial charge >= 0.3 is 4.87 Å². The van der Waals surface area contributed by atoms with E-state index >= 15 is 0 Å². The van der Waals surface area contributed by atoms with E-state index in [9.17, 15) is 13.2 Å². The first kappa shape index (κ1) is 14.8. The minimum absolute atomic E-state index is 0.0610. The summed E-state index contributed by atoms with van der Waals surface area (Å²) in [6, 6.07) is 5.54. The molecule has 0 unspecified atom stereocenters. The van der Waals surface area contributed by atoms with Crippen molar-refractivity contribution in [1.82, 2.24) is 4.98 Å². The maximum Gasteiger partial charge on any atom is 0.306 e. The molecule has 0 fully saturated rings. The molecule has 2 aromatic rings. The number of aryl methyl sites for hydroxylation is 3. The Bertz CT molecular complexity index is 788. The van der Waals surface area contributed by atoms with Gasteiger partial charge in [-0.3, -0.25) is 9.52 Å². The number of rotatable bonds is 4. The fraction of sp³-hybridized carbons (Fsp3) is 0.308. The number of aromatic amines is 1. The van der Waals surface area contributed by atoms with Gasteiger partial charge in [0, 0.05) is 5.69 Å². The smallest absolute Gasteiger partial charge is 0.306 e. The number of hydrogen-bond donors (Lipinski definition) is 2. The van der Waals surface area contributed by atoms with Crippen molar-refractivity contribution in [3.05, 3.63) is 44.7 Å². The van der Waals surface area contributed by atoms with Gasteiger partial charge in [0.1, 0.15) is 0 Å². The Kier molecular flexibility index (Phi) is 4.01. The van der Waals surface area contributed by atoms with E-state index in [0.717, 1.165) is 11.1 Å². The van der Waals surface area contributed by atoms with E-state index in [0.29, 0.717) is 29.1 Å². The van der Waals surface area contributed by atoms with Gasteiger partial charge in [0.15, 0.2) is 4.21 Å². The van der Waals surface area contributed by atoms with Gasteiger partial charge in [-0.1, -0.05) is 30.4 Å². The SMILES string of the molecule is CCc1[nH]c(=O)sc1S(=O)(=O)Nc1cc(C)ccc1C.